The molecule has 2 aromatic rings. The molecule has 0 aromatic heterocycles. The Labute approximate surface area is 214 Å². The van der Waals surface area contributed by atoms with Crippen molar-refractivity contribution in [2.45, 2.75) is 9.79 Å². The second kappa shape index (κ2) is 8.47. The van der Waals surface area contributed by atoms with Gasteiger partial charge in [0, 0.05) is 0 Å². The van der Waals surface area contributed by atoms with Crippen LogP contribution in [0.2, 0.25) is 0 Å². The number of hydrogen-bond donors (Lipinski definition) is 2. The van der Waals surface area contributed by atoms with Gasteiger partial charge >= 0.3 is 59.1 Å². The predicted molar refractivity (Wildman–Crippen MR) is 110 cm³/mol. The van der Waals surface area contributed by atoms with Crippen LogP contribution in [0.15, 0.2) is 56.2 Å². The van der Waals surface area contributed by atoms with E-state index in [-0.39, 0.29) is 93.0 Å². The van der Waals surface area contributed by atoms with Gasteiger partial charge in [0.1, 0.15) is 11.4 Å². The number of fused-ring (bicyclic) bond motifs is 2. The zero-order chi connectivity index (χ0) is 20.4. The van der Waals surface area contributed by atoms with Crippen LogP contribution in [0.1, 0.15) is 20.7 Å². The monoisotopic (exact) mass is 468 g/mol. The van der Waals surface area contributed by atoms with Gasteiger partial charge in [-0.2, -0.15) is 16.8 Å². The van der Waals surface area contributed by atoms with Gasteiger partial charge in [0.05, 0.1) is 32.3 Å². The van der Waals surface area contributed by atoms with Crippen molar-refractivity contribution >= 4 is 114 Å². The van der Waals surface area contributed by atoms with Crippen molar-refractivity contribution < 1.29 is 35.5 Å². The summed E-state index contributed by atoms with van der Waals surface area (Å²) >= 11 is 0. The molecule has 2 heterocycles. The van der Waals surface area contributed by atoms with Crippen LogP contribution in [0, 0.1) is 0 Å². The van der Waals surface area contributed by atoms with E-state index in [2.05, 4.69) is 9.98 Å². The first-order valence-corrected chi connectivity index (χ1v) is 10.3. The maximum atomic E-state index is 12.6. The molecule has 4 rings (SSSR count). The number of aliphatic imine (C=N–C) groups is 2. The van der Waals surface area contributed by atoms with E-state index in [4.69, 9.17) is 9.11 Å². The number of nitrogens with zero attached hydrogens (tertiary/aromatic N) is 2. The molecule has 10 nitrogen and oxygen atoms in total. The zero-order valence-electron chi connectivity index (χ0n) is 13.5. The van der Waals surface area contributed by atoms with Crippen molar-refractivity contribution in [3.63, 3.8) is 0 Å². The Morgan fingerprint density at radius 3 is 1.27 bits per heavy atom. The molecule has 2 aromatic carbocycles. The summed E-state index contributed by atoms with van der Waals surface area (Å²) in [6, 6.07) is 6.39. The standard InChI is InChI=1S/C16H8N2O8S2.2Na.2H/c19-15-9-5-7(27(21,22)23)1-3-11(9)17-13(15)14-16(20)10-6-8(28(24,25)26)2-4-12(10)18-14;;;;/h1-6H,(H,21,22,23)(H,24,25,26);;;;. The number of benzene rings is 2. The summed E-state index contributed by atoms with van der Waals surface area (Å²) in [5.41, 5.74) is -0.741. The van der Waals surface area contributed by atoms with Crippen LogP contribution in [0.25, 0.3) is 0 Å². The fraction of sp³-hybridized carbons (Fsp3) is 0. The topological polar surface area (TPSA) is 168 Å². The van der Waals surface area contributed by atoms with Crippen LogP contribution in [0.5, 0.6) is 0 Å². The molecule has 2 aliphatic heterocycles. The molecule has 0 radical (unpaired) electrons. The maximum absolute atomic E-state index is 12.6. The minimum absolute atomic E-state index is 0. The molecule has 30 heavy (non-hydrogen) atoms. The molecular weight excluding hydrogens is 458 g/mol. The minimum atomic E-state index is -4.54. The molecule has 2 N–H and O–H groups in total. The van der Waals surface area contributed by atoms with Crippen molar-refractivity contribution in [2.75, 3.05) is 0 Å². The number of carbonyl (C=O) groups is 2. The van der Waals surface area contributed by atoms with E-state index >= 15 is 0 Å². The van der Waals surface area contributed by atoms with Gasteiger partial charge in [-0.15, -0.1) is 0 Å². The third-order valence-corrected chi connectivity index (χ3v) is 5.84. The van der Waals surface area contributed by atoms with Gasteiger partial charge < -0.3 is 0 Å². The summed E-state index contributed by atoms with van der Waals surface area (Å²) in [4.78, 5) is 32.2. The predicted octanol–water partition coefficient (Wildman–Crippen LogP) is 0.121. The van der Waals surface area contributed by atoms with Crippen molar-refractivity contribution in [3.05, 3.63) is 47.5 Å². The Bertz CT molecular complexity index is 1290. The van der Waals surface area contributed by atoms with E-state index in [1.807, 2.05) is 0 Å². The fourth-order valence-corrected chi connectivity index (χ4v) is 3.84. The summed E-state index contributed by atoms with van der Waals surface area (Å²) in [6.07, 6.45) is 0. The molecule has 0 amide bonds. The van der Waals surface area contributed by atoms with Gasteiger partial charge in [-0.1, -0.05) is 0 Å². The van der Waals surface area contributed by atoms with E-state index < -0.39 is 41.6 Å². The molecule has 14 heteroatoms. The third-order valence-electron chi connectivity index (χ3n) is 4.14. The van der Waals surface area contributed by atoms with Crippen LogP contribution in [0.4, 0.5) is 11.4 Å². The van der Waals surface area contributed by atoms with E-state index in [1.165, 1.54) is 12.1 Å². The number of hydrogen-bond acceptors (Lipinski definition) is 8. The molecule has 0 fully saturated rings. The van der Waals surface area contributed by atoms with E-state index in [1.54, 1.807) is 0 Å². The van der Waals surface area contributed by atoms with Gasteiger partial charge in [-0.3, -0.25) is 18.7 Å². The summed E-state index contributed by atoms with van der Waals surface area (Å²) in [5.74, 6) is -1.54. The van der Waals surface area contributed by atoms with Crippen LogP contribution in [-0.4, -0.2) is 108 Å². The molecule has 0 atom stereocenters. The molecule has 0 spiro atoms. The van der Waals surface area contributed by atoms with Gasteiger partial charge in [0.2, 0.25) is 11.6 Å². The van der Waals surface area contributed by atoms with Crippen molar-refractivity contribution in [3.8, 4) is 0 Å². The van der Waals surface area contributed by atoms with E-state index in [9.17, 15) is 26.4 Å². The van der Waals surface area contributed by atoms with Gasteiger partial charge in [-0.25, -0.2) is 9.98 Å². The molecular formula is C16H10N2Na2O8S2. The Morgan fingerprint density at radius 1 is 0.633 bits per heavy atom. The fourth-order valence-electron chi connectivity index (χ4n) is 2.83. The van der Waals surface area contributed by atoms with Crippen LogP contribution in [-0.2, 0) is 20.2 Å². The first-order valence-electron chi connectivity index (χ1n) is 7.47. The summed E-state index contributed by atoms with van der Waals surface area (Å²) in [6.45, 7) is 0. The molecule has 146 valence electrons. The van der Waals surface area contributed by atoms with Gasteiger partial charge in [-0.05, 0) is 36.4 Å². The molecule has 0 saturated carbocycles. The van der Waals surface area contributed by atoms with E-state index in [0.717, 1.165) is 24.3 Å². The Kier molecular flexibility index (Phi) is 7.11. The molecule has 0 aliphatic carbocycles. The molecule has 0 unspecified atom stereocenters. The first kappa shape index (κ1) is 25.2. The molecule has 2 aliphatic rings. The summed E-state index contributed by atoms with van der Waals surface area (Å²) < 4.78 is 63.2. The second-order valence-electron chi connectivity index (χ2n) is 5.89. The molecule has 0 saturated heterocycles. The number of rotatable bonds is 3. The Morgan fingerprint density at radius 2 is 0.967 bits per heavy atom. The van der Waals surface area contributed by atoms with Crippen molar-refractivity contribution in [1.82, 2.24) is 0 Å². The van der Waals surface area contributed by atoms with Crippen LogP contribution in [0.3, 0.4) is 0 Å². The normalized spacial score (nSPS) is 14.9. The zero-order valence-corrected chi connectivity index (χ0v) is 15.2. The summed E-state index contributed by atoms with van der Waals surface area (Å²) in [5, 5.41) is 0. The Hall–Kier alpha value is -1.06. The van der Waals surface area contributed by atoms with Crippen molar-refractivity contribution in [2.24, 2.45) is 9.98 Å². The quantitative estimate of drug-likeness (QED) is 0.473. The third kappa shape index (κ3) is 4.30. The second-order valence-corrected chi connectivity index (χ2v) is 8.73. The van der Waals surface area contributed by atoms with Gasteiger partial charge in [0.15, 0.2) is 0 Å². The summed E-state index contributed by atoms with van der Waals surface area (Å²) in [7, 11) is -9.08. The van der Waals surface area contributed by atoms with Crippen molar-refractivity contribution in [1.29, 1.82) is 0 Å². The average Bonchev–Trinajstić information content (AvgIpc) is 3.10. The van der Waals surface area contributed by atoms with Crippen LogP contribution < -0.4 is 0 Å². The van der Waals surface area contributed by atoms with Crippen LogP contribution >= 0.6 is 0 Å². The first-order chi connectivity index (χ1) is 13.0. The number of Topliss-reactive ketones (excluding diaryl/α,β-unsaturated/α-hetero) is 2. The Balaban J connectivity index is 0.00000160. The number of carbonyl (C=O) groups excluding carboxylic acids is 2. The molecule has 0 bridgehead atoms. The van der Waals surface area contributed by atoms with Gasteiger partial charge in [0.25, 0.3) is 20.2 Å². The van der Waals surface area contributed by atoms with E-state index in [0.29, 0.717) is 0 Å². The average molecular weight is 468 g/mol. The number of ketones is 2. The SMILES string of the molecule is O=C1C(C2=Nc3ccc(S(=O)(=O)O)cc3C2=O)=Nc2ccc(S(=O)(=O)O)cc21.[NaH].[NaH].